The van der Waals surface area contributed by atoms with Crippen LogP contribution in [0.25, 0.3) is 0 Å². The molecular formula is C18H23ClN4O. The Labute approximate surface area is 148 Å². The molecule has 2 aromatic rings. The van der Waals surface area contributed by atoms with E-state index in [9.17, 15) is 0 Å². The molecule has 1 aliphatic heterocycles. The average Bonchev–Trinajstić information content (AvgIpc) is 2.62. The number of halogens is 1. The highest BCUT2D eigenvalue weighted by Gasteiger charge is 2.20. The first-order valence-electron chi connectivity index (χ1n) is 8.19. The SMILES string of the molecule is CC(C)(NCc1cnc(N2CCOCC2)nc1)c1ccc(Cl)cc1. The van der Waals surface area contributed by atoms with E-state index in [1.165, 1.54) is 5.56 Å². The van der Waals surface area contributed by atoms with Crippen molar-refractivity contribution >= 4 is 17.5 Å². The number of nitrogens with zero attached hydrogens (tertiary/aromatic N) is 3. The van der Waals surface area contributed by atoms with E-state index >= 15 is 0 Å². The molecule has 1 aliphatic rings. The molecule has 128 valence electrons. The minimum absolute atomic E-state index is 0.159. The Kier molecular flexibility index (Phi) is 5.33. The highest BCUT2D eigenvalue weighted by Crippen LogP contribution is 2.22. The van der Waals surface area contributed by atoms with E-state index < -0.39 is 0 Å². The van der Waals surface area contributed by atoms with E-state index in [4.69, 9.17) is 16.3 Å². The Balaban J connectivity index is 1.60. The molecule has 1 aromatic carbocycles. The summed E-state index contributed by atoms with van der Waals surface area (Å²) in [5.74, 6) is 0.777. The molecule has 0 unspecified atom stereocenters. The fraction of sp³-hybridized carbons (Fsp3) is 0.444. The second-order valence-corrected chi connectivity index (χ2v) is 6.91. The van der Waals surface area contributed by atoms with Crippen molar-refractivity contribution < 1.29 is 4.74 Å². The monoisotopic (exact) mass is 346 g/mol. The van der Waals surface area contributed by atoms with E-state index in [0.717, 1.165) is 42.8 Å². The third-order valence-electron chi connectivity index (χ3n) is 4.29. The first-order chi connectivity index (χ1) is 11.5. The molecular weight excluding hydrogens is 324 g/mol. The van der Waals surface area contributed by atoms with Gasteiger partial charge in [0.05, 0.1) is 13.2 Å². The summed E-state index contributed by atoms with van der Waals surface area (Å²) < 4.78 is 5.35. The number of aromatic nitrogens is 2. The van der Waals surface area contributed by atoms with E-state index in [-0.39, 0.29) is 5.54 Å². The highest BCUT2D eigenvalue weighted by atomic mass is 35.5. The number of hydrogen-bond donors (Lipinski definition) is 1. The highest BCUT2D eigenvalue weighted by molar-refractivity contribution is 6.30. The quantitative estimate of drug-likeness (QED) is 0.902. The molecule has 2 heterocycles. The lowest BCUT2D eigenvalue weighted by molar-refractivity contribution is 0.122. The molecule has 0 aliphatic carbocycles. The van der Waals surface area contributed by atoms with Crippen molar-refractivity contribution in [1.29, 1.82) is 0 Å². The van der Waals surface area contributed by atoms with Gasteiger partial charge in [0, 0.05) is 48.2 Å². The van der Waals surface area contributed by atoms with Crippen LogP contribution in [0.4, 0.5) is 5.95 Å². The van der Waals surface area contributed by atoms with Gasteiger partial charge in [-0.05, 0) is 31.5 Å². The van der Waals surface area contributed by atoms with Gasteiger partial charge in [-0.2, -0.15) is 0 Å². The summed E-state index contributed by atoms with van der Waals surface area (Å²) in [5, 5.41) is 4.30. The van der Waals surface area contributed by atoms with Gasteiger partial charge in [-0.15, -0.1) is 0 Å². The molecule has 0 amide bonds. The van der Waals surface area contributed by atoms with Crippen molar-refractivity contribution in [3.8, 4) is 0 Å². The molecule has 5 nitrogen and oxygen atoms in total. The van der Waals surface area contributed by atoms with E-state index in [2.05, 4.69) is 34.0 Å². The predicted octanol–water partition coefficient (Wildman–Crippen LogP) is 2.99. The summed E-state index contributed by atoms with van der Waals surface area (Å²) in [6, 6.07) is 7.93. The summed E-state index contributed by atoms with van der Waals surface area (Å²) in [5.41, 5.74) is 2.10. The summed E-state index contributed by atoms with van der Waals surface area (Å²) in [4.78, 5) is 11.1. The number of hydrogen-bond acceptors (Lipinski definition) is 5. The minimum atomic E-state index is -0.159. The summed E-state index contributed by atoms with van der Waals surface area (Å²) in [7, 11) is 0. The summed E-state index contributed by atoms with van der Waals surface area (Å²) >= 11 is 5.96. The number of nitrogens with one attached hydrogen (secondary N) is 1. The maximum absolute atomic E-state index is 5.96. The van der Waals surface area contributed by atoms with Crippen LogP contribution in [0.15, 0.2) is 36.7 Å². The molecule has 0 radical (unpaired) electrons. The van der Waals surface area contributed by atoms with Gasteiger partial charge in [-0.1, -0.05) is 23.7 Å². The molecule has 6 heteroatoms. The van der Waals surface area contributed by atoms with Gasteiger partial charge in [0.2, 0.25) is 5.95 Å². The Morgan fingerprint density at radius 3 is 2.38 bits per heavy atom. The Morgan fingerprint density at radius 2 is 1.75 bits per heavy atom. The minimum Gasteiger partial charge on any atom is -0.378 e. The normalized spacial score (nSPS) is 15.5. The van der Waals surface area contributed by atoms with Crippen LogP contribution in [-0.2, 0) is 16.8 Å². The first kappa shape index (κ1) is 17.1. The lowest BCUT2D eigenvalue weighted by Crippen LogP contribution is -2.37. The number of ether oxygens (including phenoxy) is 1. The maximum atomic E-state index is 5.96. The molecule has 0 spiro atoms. The molecule has 0 bridgehead atoms. The van der Waals surface area contributed by atoms with Gasteiger partial charge in [-0.3, -0.25) is 0 Å². The fourth-order valence-electron chi connectivity index (χ4n) is 2.66. The largest absolute Gasteiger partial charge is 0.378 e. The third kappa shape index (κ3) is 4.23. The molecule has 1 fully saturated rings. The van der Waals surface area contributed by atoms with Crippen LogP contribution in [-0.4, -0.2) is 36.3 Å². The van der Waals surface area contributed by atoms with Gasteiger partial charge < -0.3 is 15.0 Å². The van der Waals surface area contributed by atoms with Gasteiger partial charge in [0.15, 0.2) is 0 Å². The van der Waals surface area contributed by atoms with Crippen LogP contribution in [0, 0.1) is 0 Å². The van der Waals surface area contributed by atoms with Crippen molar-refractivity contribution in [2.45, 2.75) is 25.9 Å². The van der Waals surface area contributed by atoms with Crippen LogP contribution in [0.1, 0.15) is 25.0 Å². The molecule has 1 saturated heterocycles. The number of benzene rings is 1. The smallest absolute Gasteiger partial charge is 0.225 e. The molecule has 1 aromatic heterocycles. The first-order valence-corrected chi connectivity index (χ1v) is 8.57. The Bertz CT molecular complexity index is 652. The predicted molar refractivity (Wildman–Crippen MR) is 96.4 cm³/mol. The zero-order valence-electron chi connectivity index (χ0n) is 14.1. The van der Waals surface area contributed by atoms with Crippen LogP contribution in [0.2, 0.25) is 5.02 Å². The van der Waals surface area contributed by atoms with Gasteiger partial charge in [-0.25, -0.2) is 9.97 Å². The van der Waals surface area contributed by atoms with Crippen molar-refractivity contribution in [1.82, 2.24) is 15.3 Å². The van der Waals surface area contributed by atoms with Crippen LogP contribution in [0.5, 0.6) is 0 Å². The number of rotatable bonds is 5. The second kappa shape index (κ2) is 7.47. The van der Waals surface area contributed by atoms with Gasteiger partial charge >= 0.3 is 0 Å². The van der Waals surface area contributed by atoms with Crippen LogP contribution >= 0.6 is 11.6 Å². The van der Waals surface area contributed by atoms with Gasteiger partial charge in [0.25, 0.3) is 0 Å². The lowest BCUT2D eigenvalue weighted by Gasteiger charge is -2.28. The number of anilines is 1. The van der Waals surface area contributed by atoms with E-state index in [1.54, 1.807) is 0 Å². The second-order valence-electron chi connectivity index (χ2n) is 6.48. The van der Waals surface area contributed by atoms with Crippen molar-refractivity contribution in [2.24, 2.45) is 0 Å². The topological polar surface area (TPSA) is 50.3 Å². The fourth-order valence-corrected chi connectivity index (χ4v) is 2.78. The van der Waals surface area contributed by atoms with Gasteiger partial charge in [0.1, 0.15) is 0 Å². The van der Waals surface area contributed by atoms with Crippen LogP contribution in [0.3, 0.4) is 0 Å². The van der Waals surface area contributed by atoms with Crippen molar-refractivity contribution in [3.05, 3.63) is 52.8 Å². The lowest BCUT2D eigenvalue weighted by atomic mass is 9.94. The molecule has 24 heavy (non-hydrogen) atoms. The van der Waals surface area contributed by atoms with Crippen molar-refractivity contribution in [2.75, 3.05) is 31.2 Å². The van der Waals surface area contributed by atoms with Crippen LogP contribution < -0.4 is 10.2 Å². The molecule has 1 N–H and O–H groups in total. The Hall–Kier alpha value is -1.69. The Morgan fingerprint density at radius 1 is 1.12 bits per heavy atom. The zero-order chi connectivity index (χ0) is 17.0. The van der Waals surface area contributed by atoms with E-state index in [1.807, 2.05) is 36.7 Å². The molecule has 0 atom stereocenters. The maximum Gasteiger partial charge on any atom is 0.225 e. The van der Waals surface area contributed by atoms with E-state index in [0.29, 0.717) is 6.54 Å². The zero-order valence-corrected chi connectivity index (χ0v) is 14.9. The molecule has 3 rings (SSSR count). The summed E-state index contributed by atoms with van der Waals surface area (Å²) in [6.07, 6.45) is 3.78. The standard InChI is InChI=1S/C18H23ClN4O/c1-18(2,15-3-5-16(19)6-4-15)22-13-14-11-20-17(21-12-14)23-7-9-24-10-8-23/h3-6,11-12,22H,7-10,13H2,1-2H3. The molecule has 0 saturated carbocycles. The van der Waals surface area contributed by atoms with Crippen molar-refractivity contribution in [3.63, 3.8) is 0 Å². The third-order valence-corrected chi connectivity index (χ3v) is 4.54. The average molecular weight is 347 g/mol. The number of morpholine rings is 1. The summed E-state index contributed by atoms with van der Waals surface area (Å²) in [6.45, 7) is 8.18.